The minimum absolute atomic E-state index is 0.0768. The number of hydrogen-bond acceptors (Lipinski definition) is 5. The molecule has 0 bridgehead atoms. The smallest absolute Gasteiger partial charge is 0.200 e. The number of carbonyl (C=O) groups is 2. The highest BCUT2D eigenvalue weighted by Crippen LogP contribution is 2.60. The Bertz CT molecular complexity index is 1170. The standard InChI is InChI=1S/C35H62O5Si3/c1-22(2)32-29-19-28(21-38-43(23(3)4,24(5)6)25(7)8)20-34(39-41(11,12)13)31(17-26(9)33(34)37)35(29,40-42(14,15)16)27(10)18-30(32)36/h17,19,23-25,27,29,31H,18,20-21H2,1-16H3/t27-,29+,31-,34-,35-/m1/s1. The van der Waals surface area contributed by atoms with Crippen molar-refractivity contribution in [2.24, 2.45) is 17.8 Å². The van der Waals surface area contributed by atoms with Crippen LogP contribution in [0.5, 0.6) is 0 Å². The van der Waals surface area contributed by atoms with Gasteiger partial charge in [0.25, 0.3) is 0 Å². The number of fused-ring (bicyclic) bond motifs is 3. The summed E-state index contributed by atoms with van der Waals surface area (Å²) in [6.45, 7) is 35.7. The number of allylic oxidation sites excluding steroid dienone is 1. The van der Waals surface area contributed by atoms with Gasteiger partial charge in [0.1, 0.15) is 5.60 Å². The van der Waals surface area contributed by atoms with Crippen LogP contribution in [-0.2, 0) is 22.9 Å². The van der Waals surface area contributed by atoms with E-state index in [1.54, 1.807) is 0 Å². The summed E-state index contributed by atoms with van der Waals surface area (Å²) in [4.78, 5) is 28.5. The van der Waals surface area contributed by atoms with Gasteiger partial charge in [-0.05, 0) is 93.7 Å². The molecule has 0 heterocycles. The van der Waals surface area contributed by atoms with E-state index in [4.69, 9.17) is 13.3 Å². The maximum absolute atomic E-state index is 14.6. The Morgan fingerprint density at radius 3 is 1.84 bits per heavy atom. The molecule has 3 rings (SSSR count). The van der Waals surface area contributed by atoms with Gasteiger partial charge in [-0.3, -0.25) is 9.59 Å². The van der Waals surface area contributed by atoms with Crippen LogP contribution in [0.1, 0.15) is 82.1 Å². The topological polar surface area (TPSA) is 61.8 Å². The van der Waals surface area contributed by atoms with Crippen LogP contribution in [0.3, 0.4) is 0 Å². The van der Waals surface area contributed by atoms with E-state index in [2.05, 4.69) is 114 Å². The van der Waals surface area contributed by atoms with Gasteiger partial charge in [0.2, 0.25) is 8.32 Å². The van der Waals surface area contributed by atoms with Crippen molar-refractivity contribution >= 4 is 36.5 Å². The van der Waals surface area contributed by atoms with Gasteiger partial charge < -0.3 is 13.3 Å². The van der Waals surface area contributed by atoms with Gasteiger partial charge in [-0.2, -0.15) is 0 Å². The number of Topliss-reactive ketones (excluding diaryl/α,β-unsaturated/α-hetero) is 2. The molecule has 0 saturated heterocycles. The predicted octanol–water partition coefficient (Wildman–Crippen LogP) is 9.40. The fraction of sp³-hybridized carbons (Fsp3) is 0.771. The van der Waals surface area contributed by atoms with E-state index in [1.165, 1.54) is 0 Å². The van der Waals surface area contributed by atoms with E-state index in [0.717, 1.165) is 22.3 Å². The molecule has 3 aliphatic rings. The van der Waals surface area contributed by atoms with Crippen molar-refractivity contribution in [2.45, 2.75) is 149 Å². The number of rotatable bonds is 10. The fourth-order valence-corrected chi connectivity index (χ4v) is 17.4. The molecule has 0 amide bonds. The van der Waals surface area contributed by atoms with Gasteiger partial charge in [0.15, 0.2) is 28.2 Å². The summed E-state index contributed by atoms with van der Waals surface area (Å²) in [5.74, 6) is -0.393. The van der Waals surface area contributed by atoms with Crippen LogP contribution in [0.25, 0.3) is 0 Å². The number of carbonyl (C=O) groups excluding carboxylic acids is 2. The summed E-state index contributed by atoms with van der Waals surface area (Å²) in [6, 6.07) is 0. The second kappa shape index (κ2) is 12.4. The summed E-state index contributed by atoms with van der Waals surface area (Å²) >= 11 is 0. The summed E-state index contributed by atoms with van der Waals surface area (Å²) in [7, 11) is -6.63. The predicted molar refractivity (Wildman–Crippen MR) is 187 cm³/mol. The summed E-state index contributed by atoms with van der Waals surface area (Å²) < 4.78 is 21.9. The molecular weight excluding hydrogens is 585 g/mol. The average Bonchev–Trinajstić information content (AvgIpc) is 2.97. The lowest BCUT2D eigenvalue weighted by molar-refractivity contribution is -0.155. The van der Waals surface area contributed by atoms with Crippen molar-refractivity contribution in [3.05, 3.63) is 34.4 Å². The zero-order valence-corrected chi connectivity index (χ0v) is 33.3. The third-order valence-corrected chi connectivity index (χ3v) is 18.1. The monoisotopic (exact) mass is 646 g/mol. The van der Waals surface area contributed by atoms with E-state index in [9.17, 15) is 9.59 Å². The Labute approximate surface area is 266 Å². The highest BCUT2D eigenvalue weighted by Gasteiger charge is 2.67. The van der Waals surface area contributed by atoms with Crippen LogP contribution < -0.4 is 0 Å². The fourth-order valence-electron chi connectivity index (χ4n) is 9.08. The molecule has 0 N–H and O–H groups in total. The largest absolute Gasteiger partial charge is 0.412 e. The molecule has 0 aromatic heterocycles. The third kappa shape index (κ3) is 6.53. The molecule has 3 aliphatic carbocycles. The Morgan fingerprint density at radius 2 is 1.40 bits per heavy atom. The number of hydrogen-bond donors (Lipinski definition) is 0. The lowest BCUT2D eigenvalue weighted by atomic mass is 9.58. The normalized spacial score (nSPS) is 30.5. The van der Waals surface area contributed by atoms with E-state index in [-0.39, 0.29) is 29.3 Å². The van der Waals surface area contributed by atoms with Crippen molar-refractivity contribution in [3.63, 3.8) is 0 Å². The number of ketones is 2. The van der Waals surface area contributed by atoms with Crippen LogP contribution >= 0.6 is 0 Å². The zero-order chi connectivity index (χ0) is 33.1. The van der Waals surface area contributed by atoms with Gasteiger partial charge in [0, 0.05) is 30.3 Å². The lowest BCUT2D eigenvalue weighted by Gasteiger charge is -2.57. The molecule has 0 spiro atoms. The van der Waals surface area contributed by atoms with Gasteiger partial charge in [-0.25, -0.2) is 0 Å². The van der Waals surface area contributed by atoms with Crippen LogP contribution in [0.2, 0.25) is 55.9 Å². The molecule has 43 heavy (non-hydrogen) atoms. The molecule has 0 unspecified atom stereocenters. The molecule has 1 fully saturated rings. The van der Waals surface area contributed by atoms with Crippen LogP contribution in [0, 0.1) is 17.8 Å². The van der Waals surface area contributed by atoms with Crippen molar-refractivity contribution in [1.29, 1.82) is 0 Å². The molecular formula is C35H62O5Si3. The van der Waals surface area contributed by atoms with Crippen LogP contribution in [-0.4, -0.2) is 54.3 Å². The second-order valence-corrected chi connectivity index (χ2v) is 31.2. The Kier molecular flexibility index (Phi) is 10.5. The van der Waals surface area contributed by atoms with Crippen molar-refractivity contribution in [1.82, 2.24) is 0 Å². The lowest BCUT2D eigenvalue weighted by Crippen LogP contribution is -2.66. The zero-order valence-electron chi connectivity index (χ0n) is 30.3. The van der Waals surface area contributed by atoms with E-state index in [1.807, 2.05) is 6.92 Å². The van der Waals surface area contributed by atoms with E-state index >= 15 is 0 Å². The summed E-state index contributed by atoms with van der Waals surface area (Å²) in [5.41, 5.74) is 3.18. The molecule has 1 saturated carbocycles. The quantitative estimate of drug-likeness (QED) is 0.134. The highest BCUT2D eigenvalue weighted by atomic mass is 28.4. The Balaban J connectivity index is 2.42. The van der Waals surface area contributed by atoms with Crippen LogP contribution in [0.15, 0.2) is 34.4 Å². The molecule has 0 radical (unpaired) electrons. The van der Waals surface area contributed by atoms with E-state index < -0.39 is 36.2 Å². The molecule has 8 heteroatoms. The highest BCUT2D eigenvalue weighted by molar-refractivity contribution is 6.77. The molecule has 0 aromatic rings. The first-order valence-electron chi connectivity index (χ1n) is 16.6. The first-order valence-corrected chi connectivity index (χ1v) is 25.6. The first-order chi connectivity index (χ1) is 19.5. The Hall–Kier alpha value is -0.909. The second-order valence-electron chi connectivity index (χ2n) is 16.9. The van der Waals surface area contributed by atoms with Crippen molar-refractivity contribution in [2.75, 3.05) is 6.61 Å². The molecule has 244 valence electrons. The summed E-state index contributed by atoms with van der Waals surface area (Å²) in [6.07, 6.45) is 5.35. The van der Waals surface area contributed by atoms with E-state index in [0.29, 0.717) is 36.1 Å². The SMILES string of the molecule is CC1=C[C@H]2[C@@]3(O[Si](C)(C)C)[C@H](C)CC(=O)C(=C(C)C)[C@@H]3C=C(CO[Si](C(C)C)(C(C)C)C(C)C)C[C@]2(O[Si](C)(C)C)C1=O. The molecule has 0 aromatic carbocycles. The molecule has 5 nitrogen and oxygen atoms in total. The maximum Gasteiger partial charge on any atom is 0.200 e. The van der Waals surface area contributed by atoms with Gasteiger partial charge >= 0.3 is 0 Å². The first kappa shape index (κ1) is 36.6. The van der Waals surface area contributed by atoms with Crippen molar-refractivity contribution < 1.29 is 22.9 Å². The summed E-state index contributed by atoms with van der Waals surface area (Å²) in [5, 5.41) is 0. The minimum atomic E-state index is -2.24. The van der Waals surface area contributed by atoms with Gasteiger partial charge in [-0.15, -0.1) is 0 Å². The molecule has 5 atom stereocenters. The third-order valence-electron chi connectivity index (χ3n) is 10.1. The van der Waals surface area contributed by atoms with Gasteiger partial charge in [-0.1, -0.05) is 66.2 Å². The van der Waals surface area contributed by atoms with Gasteiger partial charge in [0.05, 0.1) is 12.2 Å². The van der Waals surface area contributed by atoms with Crippen LogP contribution in [0.4, 0.5) is 0 Å². The van der Waals surface area contributed by atoms with Crippen molar-refractivity contribution in [3.8, 4) is 0 Å². The maximum atomic E-state index is 14.6. The average molecular weight is 647 g/mol. The molecule has 0 aliphatic heterocycles. The Morgan fingerprint density at radius 1 is 0.884 bits per heavy atom. The minimum Gasteiger partial charge on any atom is -0.412 e.